The van der Waals surface area contributed by atoms with Crippen LogP contribution in [0, 0.1) is 0 Å². The van der Waals surface area contributed by atoms with E-state index in [-0.39, 0.29) is 18.5 Å². The molecule has 6 heteroatoms. The van der Waals surface area contributed by atoms with Crippen LogP contribution < -0.4 is 5.32 Å². The smallest absolute Gasteiger partial charge is 0.305 e. The molecule has 2 unspecified atom stereocenters. The van der Waals surface area contributed by atoms with E-state index in [9.17, 15) is 19.8 Å². The molecule has 438 valence electrons. The molecule has 0 radical (unpaired) electrons. The van der Waals surface area contributed by atoms with Crippen molar-refractivity contribution in [3.05, 3.63) is 24.3 Å². The highest BCUT2D eigenvalue weighted by Crippen LogP contribution is 2.18. The summed E-state index contributed by atoms with van der Waals surface area (Å²) in [5.41, 5.74) is 0. The van der Waals surface area contributed by atoms with Gasteiger partial charge >= 0.3 is 5.97 Å². The second-order valence-electron chi connectivity index (χ2n) is 23.2. The fourth-order valence-electron chi connectivity index (χ4n) is 10.6. The van der Waals surface area contributed by atoms with Crippen LogP contribution in [0.2, 0.25) is 0 Å². The summed E-state index contributed by atoms with van der Waals surface area (Å²) >= 11 is 0. The third kappa shape index (κ3) is 59.6. The number of ether oxygens (including phenoxy) is 1. The van der Waals surface area contributed by atoms with E-state index in [1.165, 1.54) is 295 Å². The fraction of sp³-hybridized carbons (Fsp3) is 0.912. The SMILES string of the molecule is CCCCCCCC/C=C\CCCCCCCCCCCC(=O)OCCCCCCCCCCCCCCCCCC(=O)NC(CO)C(O)/C=C/CCCCCCCCCCCCCCCCCCCCCCC. The topological polar surface area (TPSA) is 95.9 Å². The van der Waals surface area contributed by atoms with Crippen LogP contribution >= 0.6 is 0 Å². The average Bonchev–Trinajstić information content (AvgIpc) is 3.40. The molecule has 0 bridgehead atoms. The number of hydrogen-bond acceptors (Lipinski definition) is 5. The normalized spacial score (nSPS) is 12.6. The summed E-state index contributed by atoms with van der Waals surface area (Å²) in [4.78, 5) is 24.6. The Labute approximate surface area is 462 Å². The highest BCUT2D eigenvalue weighted by Gasteiger charge is 2.18. The Morgan fingerprint density at radius 3 is 0.959 bits per heavy atom. The van der Waals surface area contributed by atoms with Crippen LogP contribution in [0.1, 0.15) is 373 Å². The fourth-order valence-corrected chi connectivity index (χ4v) is 10.6. The lowest BCUT2D eigenvalue weighted by Gasteiger charge is -2.20. The van der Waals surface area contributed by atoms with Crippen LogP contribution in [-0.2, 0) is 14.3 Å². The predicted octanol–water partition coefficient (Wildman–Crippen LogP) is 21.4. The number of esters is 1. The lowest BCUT2D eigenvalue weighted by molar-refractivity contribution is -0.143. The zero-order valence-corrected chi connectivity index (χ0v) is 50.1. The van der Waals surface area contributed by atoms with Crippen molar-refractivity contribution < 1.29 is 24.5 Å². The molecule has 6 nitrogen and oxygen atoms in total. The van der Waals surface area contributed by atoms with E-state index in [1.807, 2.05) is 6.08 Å². The number of unbranched alkanes of at least 4 members (excludes halogenated alkanes) is 50. The van der Waals surface area contributed by atoms with E-state index in [1.54, 1.807) is 6.08 Å². The molecule has 0 saturated heterocycles. The minimum absolute atomic E-state index is 0.000191. The molecule has 0 rings (SSSR count). The standard InChI is InChI=1S/C68H131NO5/c1-3-5-7-9-11-13-15-17-19-21-23-24-25-26-28-29-32-36-40-44-48-52-56-60-66(71)65(64-70)69-67(72)61-57-53-49-45-41-37-33-31-35-39-43-47-51-55-59-63-74-68(73)62-58-54-50-46-42-38-34-30-27-22-20-18-16-14-12-10-8-6-4-2/h18,20,56,60,65-66,70-71H,3-17,19,21-55,57-59,61-64H2,1-2H3,(H,69,72)/b20-18-,60-56+. The molecule has 0 fully saturated rings. The van der Waals surface area contributed by atoms with Crippen molar-refractivity contribution >= 4 is 11.9 Å². The molecule has 0 aromatic carbocycles. The summed E-state index contributed by atoms with van der Waals surface area (Å²) in [5.74, 6) is -0.0723. The number of nitrogens with one attached hydrogen (secondary N) is 1. The first-order chi connectivity index (χ1) is 36.5. The van der Waals surface area contributed by atoms with Crippen LogP contribution in [0.25, 0.3) is 0 Å². The van der Waals surface area contributed by atoms with Gasteiger partial charge in [0.1, 0.15) is 0 Å². The minimum Gasteiger partial charge on any atom is -0.466 e. The molecule has 0 heterocycles. The maximum atomic E-state index is 12.5. The van der Waals surface area contributed by atoms with Gasteiger partial charge in [-0.2, -0.15) is 0 Å². The van der Waals surface area contributed by atoms with Crippen molar-refractivity contribution in [1.29, 1.82) is 0 Å². The molecule has 0 spiro atoms. The monoisotopic (exact) mass is 1040 g/mol. The summed E-state index contributed by atoms with van der Waals surface area (Å²) < 4.78 is 5.50. The second-order valence-corrected chi connectivity index (χ2v) is 23.2. The van der Waals surface area contributed by atoms with Crippen molar-refractivity contribution in [3.63, 3.8) is 0 Å². The molecule has 0 aliphatic heterocycles. The number of amides is 1. The molecule has 0 aromatic heterocycles. The van der Waals surface area contributed by atoms with Gasteiger partial charge in [0.15, 0.2) is 0 Å². The van der Waals surface area contributed by atoms with Crippen molar-refractivity contribution in [2.75, 3.05) is 13.2 Å². The Bertz CT molecular complexity index is 1150. The third-order valence-electron chi connectivity index (χ3n) is 15.7. The molecule has 0 aromatic rings. The Morgan fingerprint density at radius 1 is 0.365 bits per heavy atom. The average molecular weight is 1040 g/mol. The highest BCUT2D eigenvalue weighted by atomic mass is 16.5. The first-order valence-electron chi connectivity index (χ1n) is 33.6. The summed E-state index contributed by atoms with van der Waals surface area (Å²) in [7, 11) is 0. The Morgan fingerprint density at radius 2 is 0.635 bits per heavy atom. The molecule has 3 N–H and O–H groups in total. The number of aliphatic hydroxyl groups is 2. The van der Waals surface area contributed by atoms with Gasteiger partial charge in [-0.15, -0.1) is 0 Å². The number of allylic oxidation sites excluding steroid dienone is 3. The quantitative estimate of drug-likeness (QED) is 0.0320. The molecule has 0 saturated carbocycles. The lowest BCUT2D eigenvalue weighted by atomic mass is 10.0. The number of rotatable bonds is 63. The number of carbonyl (C=O) groups excluding carboxylic acids is 2. The Kier molecular flexibility index (Phi) is 62.4. The van der Waals surface area contributed by atoms with Crippen LogP contribution in [0.4, 0.5) is 0 Å². The molecule has 74 heavy (non-hydrogen) atoms. The summed E-state index contributed by atoms with van der Waals surface area (Å²) in [6, 6.07) is -0.636. The predicted molar refractivity (Wildman–Crippen MR) is 324 cm³/mol. The molecule has 0 aliphatic carbocycles. The van der Waals surface area contributed by atoms with E-state index in [2.05, 4.69) is 31.3 Å². The minimum atomic E-state index is -0.852. The van der Waals surface area contributed by atoms with Crippen LogP contribution in [0.3, 0.4) is 0 Å². The van der Waals surface area contributed by atoms with Crippen molar-refractivity contribution in [1.82, 2.24) is 5.32 Å². The van der Waals surface area contributed by atoms with Gasteiger partial charge in [0.05, 0.1) is 25.4 Å². The maximum Gasteiger partial charge on any atom is 0.305 e. The van der Waals surface area contributed by atoms with E-state index < -0.39 is 12.1 Å². The van der Waals surface area contributed by atoms with Crippen LogP contribution in [0.5, 0.6) is 0 Å². The molecular formula is C68H131NO5. The summed E-state index contributed by atoms with van der Waals surface area (Å²) in [6.45, 7) is 4.92. The van der Waals surface area contributed by atoms with Gasteiger partial charge in [-0.1, -0.05) is 327 Å². The van der Waals surface area contributed by atoms with Crippen LogP contribution in [-0.4, -0.2) is 47.4 Å². The summed E-state index contributed by atoms with van der Waals surface area (Å²) in [5, 5.41) is 23.2. The van der Waals surface area contributed by atoms with Gasteiger partial charge in [-0.3, -0.25) is 9.59 Å². The van der Waals surface area contributed by atoms with Crippen molar-refractivity contribution in [2.24, 2.45) is 0 Å². The van der Waals surface area contributed by atoms with E-state index in [4.69, 9.17) is 4.74 Å². The largest absolute Gasteiger partial charge is 0.466 e. The van der Waals surface area contributed by atoms with E-state index in [0.717, 1.165) is 51.4 Å². The molecular weight excluding hydrogens is 911 g/mol. The lowest BCUT2D eigenvalue weighted by Crippen LogP contribution is -2.45. The zero-order chi connectivity index (χ0) is 53.6. The number of carbonyl (C=O) groups is 2. The van der Waals surface area contributed by atoms with Crippen molar-refractivity contribution in [2.45, 2.75) is 386 Å². The van der Waals surface area contributed by atoms with Gasteiger partial charge < -0.3 is 20.3 Å². The van der Waals surface area contributed by atoms with Gasteiger partial charge in [-0.05, 0) is 57.8 Å². The zero-order valence-electron chi connectivity index (χ0n) is 50.1. The second kappa shape index (κ2) is 63.9. The van der Waals surface area contributed by atoms with Gasteiger partial charge in [-0.25, -0.2) is 0 Å². The third-order valence-corrected chi connectivity index (χ3v) is 15.7. The molecule has 1 amide bonds. The van der Waals surface area contributed by atoms with Crippen LogP contribution in [0.15, 0.2) is 24.3 Å². The number of aliphatic hydroxyl groups excluding tert-OH is 2. The van der Waals surface area contributed by atoms with Gasteiger partial charge in [0, 0.05) is 12.8 Å². The number of hydrogen-bond donors (Lipinski definition) is 3. The van der Waals surface area contributed by atoms with E-state index in [0.29, 0.717) is 19.4 Å². The van der Waals surface area contributed by atoms with Crippen molar-refractivity contribution in [3.8, 4) is 0 Å². The Hall–Kier alpha value is -1.66. The van der Waals surface area contributed by atoms with Gasteiger partial charge in [0.25, 0.3) is 0 Å². The maximum absolute atomic E-state index is 12.5. The first kappa shape index (κ1) is 72.3. The highest BCUT2D eigenvalue weighted by molar-refractivity contribution is 5.76. The van der Waals surface area contributed by atoms with E-state index >= 15 is 0 Å². The molecule has 2 atom stereocenters. The first-order valence-corrected chi connectivity index (χ1v) is 33.6. The van der Waals surface area contributed by atoms with Gasteiger partial charge in [0.2, 0.25) is 5.91 Å². The summed E-state index contributed by atoms with van der Waals surface area (Å²) in [6.07, 6.45) is 79.4. The Balaban J connectivity index is 3.44. The molecule has 0 aliphatic rings.